The van der Waals surface area contributed by atoms with E-state index in [0.717, 1.165) is 23.7 Å². The minimum absolute atomic E-state index is 0.0556. The Hall–Kier alpha value is -2.15. The predicted octanol–water partition coefficient (Wildman–Crippen LogP) is 3.56. The molecule has 1 aromatic carbocycles. The Balaban J connectivity index is 1.44. The smallest absolute Gasteiger partial charge is 0.283 e. The Bertz CT molecular complexity index is 803. The van der Waals surface area contributed by atoms with Crippen molar-refractivity contribution in [3.8, 4) is 11.7 Å². The number of benzene rings is 1. The van der Waals surface area contributed by atoms with Crippen LogP contribution in [0.5, 0.6) is 0 Å². The molecule has 0 radical (unpaired) electrons. The van der Waals surface area contributed by atoms with Gasteiger partial charge in [0, 0.05) is 23.7 Å². The van der Waals surface area contributed by atoms with Crippen molar-refractivity contribution < 1.29 is 13.6 Å². The molecular weight excluding hydrogens is 330 g/mol. The molecule has 0 bridgehead atoms. The molecule has 124 valence electrons. The van der Waals surface area contributed by atoms with Gasteiger partial charge in [0.1, 0.15) is 0 Å². The van der Waals surface area contributed by atoms with Crippen molar-refractivity contribution in [1.29, 1.82) is 0 Å². The maximum absolute atomic E-state index is 6.28. The zero-order valence-corrected chi connectivity index (χ0v) is 13.6. The standard InChI is InChI=1S/C17H16ClN3O3/c18-13-5-2-1-4-12(13)15-10-21(7-9-23-15)11-16-19-20-17(24-16)14-6-3-8-22-14/h1-6,8,15H,7,9-11H2. The summed E-state index contributed by atoms with van der Waals surface area (Å²) in [6.45, 7) is 2.73. The Morgan fingerprint density at radius 3 is 2.92 bits per heavy atom. The van der Waals surface area contributed by atoms with Crippen LogP contribution in [0.15, 0.2) is 51.5 Å². The molecule has 0 aliphatic carbocycles. The molecule has 4 rings (SSSR count). The first-order valence-corrected chi connectivity index (χ1v) is 8.12. The van der Waals surface area contributed by atoms with Gasteiger partial charge in [-0.2, -0.15) is 0 Å². The molecule has 1 atom stereocenters. The van der Waals surface area contributed by atoms with Gasteiger partial charge < -0.3 is 13.6 Å². The molecule has 1 unspecified atom stereocenters. The van der Waals surface area contributed by atoms with Gasteiger partial charge >= 0.3 is 0 Å². The monoisotopic (exact) mass is 345 g/mol. The fraction of sp³-hybridized carbons (Fsp3) is 0.294. The fourth-order valence-electron chi connectivity index (χ4n) is 2.78. The SMILES string of the molecule is Clc1ccccc1C1CN(Cc2nnc(-c3ccco3)o2)CCO1. The Labute approximate surface area is 144 Å². The zero-order valence-electron chi connectivity index (χ0n) is 12.9. The summed E-state index contributed by atoms with van der Waals surface area (Å²) in [7, 11) is 0. The second-order valence-electron chi connectivity index (χ2n) is 5.59. The van der Waals surface area contributed by atoms with E-state index in [1.165, 1.54) is 0 Å². The van der Waals surface area contributed by atoms with Crippen LogP contribution in [0.25, 0.3) is 11.7 Å². The van der Waals surface area contributed by atoms with Crippen LogP contribution in [0.3, 0.4) is 0 Å². The summed E-state index contributed by atoms with van der Waals surface area (Å²) in [5.41, 5.74) is 1.01. The number of nitrogens with zero attached hydrogens (tertiary/aromatic N) is 3. The summed E-state index contributed by atoms with van der Waals surface area (Å²) < 4.78 is 16.8. The lowest BCUT2D eigenvalue weighted by Gasteiger charge is -2.32. The third-order valence-corrected chi connectivity index (χ3v) is 4.30. The molecule has 0 N–H and O–H groups in total. The number of morpholine rings is 1. The molecule has 7 heteroatoms. The highest BCUT2D eigenvalue weighted by atomic mass is 35.5. The van der Waals surface area contributed by atoms with Crippen molar-refractivity contribution in [2.75, 3.05) is 19.7 Å². The van der Waals surface area contributed by atoms with Crippen molar-refractivity contribution in [2.45, 2.75) is 12.6 Å². The Kier molecular flexibility index (Phi) is 4.34. The van der Waals surface area contributed by atoms with E-state index in [1.807, 2.05) is 24.3 Å². The maximum Gasteiger partial charge on any atom is 0.283 e. The molecule has 0 spiro atoms. The largest absolute Gasteiger partial charge is 0.459 e. The van der Waals surface area contributed by atoms with Gasteiger partial charge in [-0.25, -0.2) is 0 Å². The van der Waals surface area contributed by atoms with Gasteiger partial charge in [0.15, 0.2) is 5.76 Å². The minimum Gasteiger partial charge on any atom is -0.459 e. The highest BCUT2D eigenvalue weighted by molar-refractivity contribution is 6.31. The summed E-state index contributed by atoms with van der Waals surface area (Å²) in [5.74, 6) is 1.52. The van der Waals surface area contributed by atoms with Gasteiger partial charge in [0.2, 0.25) is 5.89 Å². The third kappa shape index (κ3) is 3.21. The first-order chi connectivity index (χ1) is 11.8. The van der Waals surface area contributed by atoms with Crippen LogP contribution in [-0.4, -0.2) is 34.8 Å². The lowest BCUT2D eigenvalue weighted by atomic mass is 10.1. The Morgan fingerprint density at radius 1 is 1.17 bits per heavy atom. The van der Waals surface area contributed by atoms with Gasteiger partial charge in [0.25, 0.3) is 5.89 Å². The second-order valence-corrected chi connectivity index (χ2v) is 6.00. The van der Waals surface area contributed by atoms with E-state index in [0.29, 0.717) is 30.7 Å². The molecule has 1 fully saturated rings. The van der Waals surface area contributed by atoms with E-state index < -0.39 is 0 Å². The molecule has 1 saturated heterocycles. The van der Waals surface area contributed by atoms with E-state index in [1.54, 1.807) is 18.4 Å². The van der Waals surface area contributed by atoms with Gasteiger partial charge in [-0.3, -0.25) is 4.90 Å². The van der Waals surface area contributed by atoms with Crippen LogP contribution in [-0.2, 0) is 11.3 Å². The van der Waals surface area contributed by atoms with Gasteiger partial charge in [-0.1, -0.05) is 29.8 Å². The topological polar surface area (TPSA) is 64.5 Å². The summed E-state index contributed by atoms with van der Waals surface area (Å²) in [4.78, 5) is 2.22. The van der Waals surface area contributed by atoms with Gasteiger partial charge in [0.05, 0.1) is 25.5 Å². The number of rotatable bonds is 4. The lowest BCUT2D eigenvalue weighted by Crippen LogP contribution is -2.38. The number of aromatic nitrogens is 2. The molecule has 0 saturated carbocycles. The summed E-state index contributed by atoms with van der Waals surface area (Å²) in [5, 5.41) is 8.85. The van der Waals surface area contributed by atoms with Crippen molar-refractivity contribution in [3.63, 3.8) is 0 Å². The van der Waals surface area contributed by atoms with Crippen LogP contribution in [0.2, 0.25) is 5.02 Å². The highest BCUT2D eigenvalue weighted by Gasteiger charge is 2.25. The lowest BCUT2D eigenvalue weighted by molar-refractivity contribution is -0.0351. The van der Waals surface area contributed by atoms with Crippen LogP contribution >= 0.6 is 11.6 Å². The summed E-state index contributed by atoms with van der Waals surface area (Å²) in [6.07, 6.45) is 1.52. The number of halogens is 1. The van der Waals surface area contributed by atoms with E-state index in [4.69, 9.17) is 25.2 Å². The fourth-order valence-corrected chi connectivity index (χ4v) is 3.04. The summed E-state index contributed by atoms with van der Waals surface area (Å²) >= 11 is 6.28. The van der Waals surface area contributed by atoms with E-state index in [2.05, 4.69) is 15.1 Å². The average molecular weight is 346 g/mol. The zero-order chi connectivity index (χ0) is 16.4. The minimum atomic E-state index is -0.0556. The maximum atomic E-state index is 6.28. The van der Waals surface area contributed by atoms with Crippen molar-refractivity contribution in [3.05, 3.63) is 59.1 Å². The van der Waals surface area contributed by atoms with E-state index in [-0.39, 0.29) is 6.10 Å². The quantitative estimate of drug-likeness (QED) is 0.720. The number of furan rings is 1. The normalized spacial score (nSPS) is 18.8. The van der Waals surface area contributed by atoms with Gasteiger partial charge in [-0.05, 0) is 18.2 Å². The molecule has 0 amide bonds. The van der Waals surface area contributed by atoms with E-state index >= 15 is 0 Å². The van der Waals surface area contributed by atoms with Gasteiger partial charge in [-0.15, -0.1) is 10.2 Å². The molecule has 1 aliphatic rings. The number of ether oxygens (including phenoxy) is 1. The molecule has 3 heterocycles. The first kappa shape index (κ1) is 15.4. The molecule has 2 aromatic heterocycles. The van der Waals surface area contributed by atoms with E-state index in [9.17, 15) is 0 Å². The number of hydrogen-bond donors (Lipinski definition) is 0. The van der Waals surface area contributed by atoms with Crippen molar-refractivity contribution in [2.24, 2.45) is 0 Å². The highest BCUT2D eigenvalue weighted by Crippen LogP contribution is 2.29. The molecular formula is C17H16ClN3O3. The predicted molar refractivity (Wildman–Crippen MR) is 87.4 cm³/mol. The van der Waals surface area contributed by atoms with Crippen LogP contribution in [0, 0.1) is 0 Å². The van der Waals surface area contributed by atoms with Crippen LogP contribution in [0.4, 0.5) is 0 Å². The number of hydrogen-bond acceptors (Lipinski definition) is 6. The Morgan fingerprint density at radius 2 is 2.08 bits per heavy atom. The van der Waals surface area contributed by atoms with Crippen molar-refractivity contribution in [1.82, 2.24) is 15.1 Å². The average Bonchev–Trinajstić information content (AvgIpc) is 3.27. The molecule has 3 aromatic rings. The van der Waals surface area contributed by atoms with Crippen LogP contribution < -0.4 is 0 Å². The molecule has 24 heavy (non-hydrogen) atoms. The summed E-state index contributed by atoms with van der Waals surface area (Å²) in [6, 6.07) is 11.3. The first-order valence-electron chi connectivity index (χ1n) is 7.74. The molecule has 6 nitrogen and oxygen atoms in total. The second kappa shape index (κ2) is 6.76. The third-order valence-electron chi connectivity index (χ3n) is 3.96. The van der Waals surface area contributed by atoms with Crippen molar-refractivity contribution >= 4 is 11.6 Å². The molecule has 1 aliphatic heterocycles. The van der Waals surface area contributed by atoms with Crippen LogP contribution in [0.1, 0.15) is 17.6 Å².